The van der Waals surface area contributed by atoms with Crippen molar-refractivity contribution in [1.29, 1.82) is 0 Å². The molecule has 1 amide bonds. The molecule has 16 heavy (non-hydrogen) atoms. The summed E-state index contributed by atoms with van der Waals surface area (Å²) in [5.74, 6) is -1.44. The molecule has 0 saturated carbocycles. The van der Waals surface area contributed by atoms with Crippen molar-refractivity contribution in [2.24, 2.45) is 0 Å². The summed E-state index contributed by atoms with van der Waals surface area (Å²) < 4.78 is 4.64. The van der Waals surface area contributed by atoms with Gasteiger partial charge < -0.3 is 14.7 Å². The van der Waals surface area contributed by atoms with Crippen LogP contribution < -0.4 is 0 Å². The largest absolute Gasteiger partial charge is 0.514 e. The molecular formula is C11H17NO4. The Labute approximate surface area is 95.0 Å². The maximum Gasteiger partial charge on any atom is 0.346 e. The molecule has 1 N–H and O–H groups in total. The maximum atomic E-state index is 11.7. The fourth-order valence-electron chi connectivity index (χ4n) is 1.04. The first-order valence-corrected chi connectivity index (χ1v) is 4.87. The molecule has 90 valence electrons. The molecule has 0 aromatic rings. The van der Waals surface area contributed by atoms with E-state index in [0.29, 0.717) is 6.26 Å². The summed E-state index contributed by atoms with van der Waals surface area (Å²) in [6, 6.07) is 0. The van der Waals surface area contributed by atoms with E-state index in [9.17, 15) is 9.59 Å². The highest BCUT2D eigenvalue weighted by Crippen LogP contribution is 2.05. The zero-order valence-corrected chi connectivity index (χ0v) is 9.98. The van der Waals surface area contributed by atoms with Gasteiger partial charge in [0.25, 0.3) is 5.91 Å². The van der Waals surface area contributed by atoms with Crippen LogP contribution in [0.15, 0.2) is 23.6 Å². The fraction of sp³-hybridized carbons (Fsp3) is 0.455. The summed E-state index contributed by atoms with van der Waals surface area (Å²) in [5.41, 5.74) is 0.513. The van der Waals surface area contributed by atoms with Gasteiger partial charge in [-0.25, -0.2) is 4.79 Å². The van der Waals surface area contributed by atoms with Gasteiger partial charge in [-0.3, -0.25) is 4.79 Å². The van der Waals surface area contributed by atoms with E-state index in [1.807, 2.05) is 13.8 Å². The van der Waals surface area contributed by atoms with E-state index in [1.54, 1.807) is 13.1 Å². The summed E-state index contributed by atoms with van der Waals surface area (Å²) in [7, 11) is 1.50. The van der Waals surface area contributed by atoms with E-state index in [4.69, 9.17) is 5.11 Å². The van der Waals surface area contributed by atoms with Crippen LogP contribution in [-0.4, -0.2) is 35.5 Å². The molecule has 0 fully saturated rings. The summed E-state index contributed by atoms with van der Waals surface area (Å²) >= 11 is 0. The average molecular weight is 227 g/mol. The van der Waals surface area contributed by atoms with Gasteiger partial charge in [0.2, 0.25) is 0 Å². The Morgan fingerprint density at radius 3 is 2.31 bits per heavy atom. The number of likely N-dealkylation sites (N-methyl/N-ethyl adjacent to an activating group) is 1. The number of hydrogen-bond acceptors (Lipinski definition) is 4. The quantitative estimate of drug-likeness (QED) is 0.259. The number of nitrogens with zero attached hydrogens (tertiary/aromatic N) is 1. The predicted octanol–water partition coefficient (Wildman–Crippen LogP) is 1.37. The minimum absolute atomic E-state index is 0.149. The van der Waals surface area contributed by atoms with E-state index in [2.05, 4.69) is 4.74 Å². The van der Waals surface area contributed by atoms with Gasteiger partial charge in [-0.2, -0.15) is 0 Å². The Balaban J connectivity index is 4.81. The minimum Gasteiger partial charge on any atom is -0.514 e. The zero-order valence-electron chi connectivity index (χ0n) is 9.98. The molecule has 0 aromatic heterocycles. The van der Waals surface area contributed by atoms with Crippen LogP contribution in [0.25, 0.3) is 0 Å². The van der Waals surface area contributed by atoms with E-state index >= 15 is 0 Å². The first-order valence-electron chi connectivity index (χ1n) is 4.87. The van der Waals surface area contributed by atoms with Crippen LogP contribution in [0, 0.1) is 0 Å². The lowest BCUT2D eigenvalue weighted by atomic mass is 10.2. The zero-order chi connectivity index (χ0) is 12.7. The molecule has 0 heterocycles. The predicted molar refractivity (Wildman–Crippen MR) is 59.5 cm³/mol. The maximum absolute atomic E-state index is 11.7. The van der Waals surface area contributed by atoms with E-state index in [1.165, 1.54) is 11.9 Å². The molecule has 0 atom stereocenters. The van der Waals surface area contributed by atoms with E-state index < -0.39 is 11.9 Å². The Morgan fingerprint density at radius 2 is 1.94 bits per heavy atom. The summed E-state index contributed by atoms with van der Waals surface area (Å²) in [4.78, 5) is 24.2. The van der Waals surface area contributed by atoms with Gasteiger partial charge in [0.15, 0.2) is 5.57 Å². The van der Waals surface area contributed by atoms with E-state index in [0.717, 1.165) is 5.57 Å². The molecule has 0 saturated heterocycles. The third-order valence-electron chi connectivity index (χ3n) is 1.63. The molecular weight excluding hydrogens is 210 g/mol. The standard InChI is InChI=1S/C11H17NO4/c1-5-16-11(15)9(7-13)10(14)12(4)6-8(2)3/h6-7,13H,5H2,1-4H3/b9-7-. The number of amides is 1. The summed E-state index contributed by atoms with van der Waals surface area (Å²) in [6.45, 7) is 5.40. The third-order valence-corrected chi connectivity index (χ3v) is 1.63. The van der Waals surface area contributed by atoms with E-state index in [-0.39, 0.29) is 12.2 Å². The molecule has 0 aliphatic carbocycles. The molecule has 0 rings (SSSR count). The average Bonchev–Trinajstić information content (AvgIpc) is 2.17. The van der Waals surface area contributed by atoms with Gasteiger partial charge in [-0.05, 0) is 20.8 Å². The molecule has 0 bridgehead atoms. The lowest BCUT2D eigenvalue weighted by Gasteiger charge is -2.13. The second kappa shape index (κ2) is 6.66. The van der Waals surface area contributed by atoms with Crippen LogP contribution >= 0.6 is 0 Å². The third kappa shape index (κ3) is 4.16. The van der Waals surface area contributed by atoms with Gasteiger partial charge in [0.05, 0.1) is 12.9 Å². The number of rotatable bonds is 4. The van der Waals surface area contributed by atoms with Crippen molar-refractivity contribution in [2.45, 2.75) is 20.8 Å². The number of esters is 1. The van der Waals surface area contributed by atoms with Gasteiger partial charge in [0.1, 0.15) is 0 Å². The Hall–Kier alpha value is -1.78. The van der Waals surface area contributed by atoms with Crippen LogP contribution in [0.2, 0.25) is 0 Å². The Bertz CT molecular complexity index is 327. The number of aliphatic hydroxyl groups is 1. The topological polar surface area (TPSA) is 66.8 Å². The first-order chi connectivity index (χ1) is 7.43. The highest BCUT2D eigenvalue weighted by atomic mass is 16.5. The van der Waals surface area contributed by atoms with Crippen LogP contribution in [0.3, 0.4) is 0 Å². The molecule has 0 radical (unpaired) electrons. The summed E-state index contributed by atoms with van der Waals surface area (Å²) in [5, 5.41) is 8.85. The van der Waals surface area contributed by atoms with Gasteiger partial charge in [-0.15, -0.1) is 0 Å². The van der Waals surface area contributed by atoms with Crippen molar-refractivity contribution in [1.82, 2.24) is 4.90 Å². The Kier molecular flexibility index (Phi) is 5.92. The lowest BCUT2D eigenvalue weighted by Crippen LogP contribution is -2.28. The van der Waals surface area contributed by atoms with Gasteiger partial charge in [0, 0.05) is 13.2 Å². The molecule has 0 spiro atoms. The number of allylic oxidation sites excluding steroid dienone is 1. The monoisotopic (exact) mass is 227 g/mol. The van der Waals surface area contributed by atoms with Crippen molar-refractivity contribution in [3.05, 3.63) is 23.6 Å². The minimum atomic E-state index is -0.830. The van der Waals surface area contributed by atoms with Gasteiger partial charge in [-0.1, -0.05) is 5.57 Å². The SMILES string of the molecule is CCOC(=O)/C(=C\O)C(=O)N(C)C=C(C)C. The van der Waals surface area contributed by atoms with Gasteiger partial charge >= 0.3 is 5.97 Å². The molecule has 0 aromatic carbocycles. The number of carbonyl (C=O) groups is 2. The van der Waals surface area contributed by atoms with Crippen LogP contribution in [0.1, 0.15) is 20.8 Å². The van der Waals surface area contributed by atoms with Crippen LogP contribution in [-0.2, 0) is 14.3 Å². The smallest absolute Gasteiger partial charge is 0.346 e. The van der Waals surface area contributed by atoms with Crippen molar-refractivity contribution in [3.63, 3.8) is 0 Å². The normalized spacial score (nSPS) is 10.6. The first kappa shape index (κ1) is 14.2. The van der Waals surface area contributed by atoms with Crippen LogP contribution in [0.5, 0.6) is 0 Å². The number of hydrogen-bond donors (Lipinski definition) is 1. The second-order valence-corrected chi connectivity index (χ2v) is 3.39. The number of carbonyl (C=O) groups excluding carboxylic acids is 2. The molecule has 0 aliphatic rings. The molecule has 5 nitrogen and oxygen atoms in total. The highest BCUT2D eigenvalue weighted by molar-refractivity contribution is 6.16. The molecule has 5 heteroatoms. The fourth-order valence-corrected chi connectivity index (χ4v) is 1.04. The second-order valence-electron chi connectivity index (χ2n) is 3.39. The summed E-state index contributed by atoms with van der Waals surface area (Å²) in [6.07, 6.45) is 2.03. The van der Waals surface area contributed by atoms with Crippen molar-refractivity contribution in [3.8, 4) is 0 Å². The lowest BCUT2D eigenvalue weighted by molar-refractivity contribution is -0.141. The van der Waals surface area contributed by atoms with Crippen molar-refractivity contribution in [2.75, 3.05) is 13.7 Å². The van der Waals surface area contributed by atoms with Crippen molar-refractivity contribution >= 4 is 11.9 Å². The molecule has 0 unspecified atom stereocenters. The number of aliphatic hydroxyl groups excluding tert-OH is 1. The molecule has 0 aliphatic heterocycles. The van der Waals surface area contributed by atoms with Crippen molar-refractivity contribution < 1.29 is 19.4 Å². The van der Waals surface area contributed by atoms with Crippen LogP contribution in [0.4, 0.5) is 0 Å². The Morgan fingerprint density at radius 1 is 1.38 bits per heavy atom. The number of ether oxygens (including phenoxy) is 1. The highest BCUT2D eigenvalue weighted by Gasteiger charge is 2.22.